The van der Waals surface area contributed by atoms with Gasteiger partial charge in [-0.1, -0.05) is 18.2 Å². The highest BCUT2D eigenvalue weighted by Crippen LogP contribution is 1.74. The van der Waals surface area contributed by atoms with E-state index in [0.717, 1.165) is 6.42 Å². The molecule has 2 nitrogen and oxygen atoms in total. The Morgan fingerprint density at radius 3 is 2.86 bits per heavy atom. The van der Waals surface area contributed by atoms with Crippen LogP contribution < -0.4 is 0 Å². The Hall–Kier alpha value is -0.790. The zero-order chi connectivity index (χ0) is 5.54. The summed E-state index contributed by atoms with van der Waals surface area (Å²) in [6, 6.07) is 0. The lowest BCUT2D eigenvalue weighted by atomic mass is 10.4. The molecule has 0 amide bonds. The number of hydrogen-bond donors (Lipinski definition) is 1. The van der Waals surface area contributed by atoms with E-state index in [2.05, 4.69) is 5.16 Å². The molecule has 0 heterocycles. The molecule has 0 atom stereocenters. The van der Waals surface area contributed by atoms with Crippen LogP contribution in [0.4, 0.5) is 0 Å². The summed E-state index contributed by atoms with van der Waals surface area (Å²) in [4.78, 5) is 0. The Morgan fingerprint density at radius 1 is 1.71 bits per heavy atom. The lowest BCUT2D eigenvalue weighted by Crippen LogP contribution is -1.60. The van der Waals surface area contributed by atoms with Gasteiger partial charge in [-0.15, -0.1) is 0 Å². The highest BCUT2D eigenvalue weighted by atomic mass is 16.4. The maximum Gasteiger partial charge on any atom is 0.0658 e. The maximum absolute atomic E-state index is 7.81. The molecule has 0 aromatic heterocycles. The summed E-state index contributed by atoms with van der Waals surface area (Å²) in [5.41, 5.74) is 0. The standard InChI is InChI=1S/C5H9NO/c1-2-3-4-5-6-7/h3-5,7H,2H2,1H3/b4-3-,6-5-. The van der Waals surface area contributed by atoms with Gasteiger partial charge in [0.1, 0.15) is 0 Å². The van der Waals surface area contributed by atoms with Crippen LogP contribution in [0.1, 0.15) is 13.3 Å². The molecule has 0 aromatic carbocycles. The molecule has 0 saturated carbocycles. The largest absolute Gasteiger partial charge is 0.411 e. The molecule has 0 aromatic rings. The van der Waals surface area contributed by atoms with Gasteiger partial charge < -0.3 is 5.21 Å². The Morgan fingerprint density at radius 2 is 2.43 bits per heavy atom. The fourth-order valence-corrected chi connectivity index (χ4v) is 0.235. The van der Waals surface area contributed by atoms with Crippen molar-refractivity contribution >= 4 is 6.21 Å². The van der Waals surface area contributed by atoms with E-state index in [0.29, 0.717) is 0 Å². The summed E-state index contributed by atoms with van der Waals surface area (Å²) in [6.45, 7) is 2.02. The second-order valence-electron chi connectivity index (χ2n) is 1.10. The number of rotatable bonds is 2. The highest BCUT2D eigenvalue weighted by molar-refractivity contribution is 5.70. The molecule has 0 radical (unpaired) electrons. The first kappa shape index (κ1) is 6.21. The Kier molecular flexibility index (Phi) is 4.62. The normalized spacial score (nSPS) is 11.6. The van der Waals surface area contributed by atoms with Gasteiger partial charge in [0.25, 0.3) is 0 Å². The molecule has 0 unspecified atom stereocenters. The van der Waals surface area contributed by atoms with Crippen LogP contribution in [0.3, 0.4) is 0 Å². The van der Waals surface area contributed by atoms with Crippen molar-refractivity contribution in [3.8, 4) is 0 Å². The summed E-state index contributed by atoms with van der Waals surface area (Å²) < 4.78 is 0. The molecular weight excluding hydrogens is 90.1 g/mol. The van der Waals surface area contributed by atoms with Crippen LogP contribution in [-0.2, 0) is 0 Å². The van der Waals surface area contributed by atoms with E-state index in [-0.39, 0.29) is 0 Å². The Balaban J connectivity index is 3.09. The summed E-state index contributed by atoms with van der Waals surface area (Å²) in [6.07, 6.45) is 5.91. The van der Waals surface area contributed by atoms with Crippen LogP contribution in [-0.4, -0.2) is 11.4 Å². The lowest BCUT2D eigenvalue weighted by molar-refractivity contribution is 0.322. The molecule has 0 aliphatic rings. The fraction of sp³-hybridized carbons (Fsp3) is 0.400. The average molecular weight is 99.1 g/mol. The zero-order valence-electron chi connectivity index (χ0n) is 4.33. The molecule has 0 aliphatic heterocycles. The van der Waals surface area contributed by atoms with Crippen LogP contribution in [0.5, 0.6) is 0 Å². The molecule has 0 bridgehead atoms. The van der Waals surface area contributed by atoms with Crippen LogP contribution in [0.15, 0.2) is 17.3 Å². The van der Waals surface area contributed by atoms with Gasteiger partial charge >= 0.3 is 0 Å². The van der Waals surface area contributed by atoms with E-state index < -0.39 is 0 Å². The van der Waals surface area contributed by atoms with Crippen LogP contribution >= 0.6 is 0 Å². The lowest BCUT2D eigenvalue weighted by Gasteiger charge is -1.69. The monoisotopic (exact) mass is 99.1 g/mol. The third-order valence-corrected chi connectivity index (χ3v) is 0.525. The van der Waals surface area contributed by atoms with Crippen LogP contribution in [0.25, 0.3) is 0 Å². The Bertz CT molecular complexity index is 76.1. The van der Waals surface area contributed by atoms with Gasteiger partial charge in [0, 0.05) is 0 Å². The van der Waals surface area contributed by atoms with Gasteiger partial charge in [-0.3, -0.25) is 0 Å². The van der Waals surface area contributed by atoms with Crippen molar-refractivity contribution in [3.63, 3.8) is 0 Å². The van der Waals surface area contributed by atoms with Crippen molar-refractivity contribution in [1.29, 1.82) is 0 Å². The SMILES string of the molecule is CC/C=C\C=N/O. The van der Waals surface area contributed by atoms with Crippen molar-refractivity contribution in [2.45, 2.75) is 13.3 Å². The minimum absolute atomic E-state index is 0.978. The van der Waals surface area contributed by atoms with Crippen molar-refractivity contribution in [2.75, 3.05) is 0 Å². The summed E-state index contributed by atoms with van der Waals surface area (Å²) in [7, 11) is 0. The van der Waals surface area contributed by atoms with Gasteiger partial charge in [-0.2, -0.15) is 0 Å². The summed E-state index contributed by atoms with van der Waals surface area (Å²) in [5.74, 6) is 0. The third kappa shape index (κ3) is 5.21. The maximum atomic E-state index is 7.81. The van der Waals surface area contributed by atoms with Gasteiger partial charge in [0.15, 0.2) is 0 Å². The number of hydrogen-bond acceptors (Lipinski definition) is 2. The predicted molar refractivity (Wildman–Crippen MR) is 29.7 cm³/mol. The molecule has 7 heavy (non-hydrogen) atoms. The molecule has 0 aliphatic carbocycles. The number of oxime groups is 1. The first-order valence-corrected chi connectivity index (χ1v) is 2.24. The van der Waals surface area contributed by atoms with E-state index in [1.54, 1.807) is 6.08 Å². The first-order chi connectivity index (χ1) is 3.41. The zero-order valence-corrected chi connectivity index (χ0v) is 4.33. The van der Waals surface area contributed by atoms with Crippen molar-refractivity contribution in [3.05, 3.63) is 12.2 Å². The van der Waals surface area contributed by atoms with Crippen molar-refractivity contribution < 1.29 is 5.21 Å². The summed E-state index contributed by atoms with van der Waals surface area (Å²) >= 11 is 0. The first-order valence-electron chi connectivity index (χ1n) is 2.24. The molecular formula is C5H9NO. The summed E-state index contributed by atoms with van der Waals surface area (Å²) in [5, 5.41) is 10.6. The predicted octanol–water partition coefficient (Wildman–Crippen LogP) is 1.41. The van der Waals surface area contributed by atoms with Gasteiger partial charge in [-0.25, -0.2) is 0 Å². The average Bonchev–Trinajstić information content (AvgIpc) is 1.69. The quantitative estimate of drug-likeness (QED) is 0.317. The molecule has 40 valence electrons. The fourth-order valence-electron chi connectivity index (χ4n) is 0.235. The van der Waals surface area contributed by atoms with Crippen LogP contribution in [0, 0.1) is 0 Å². The molecule has 0 fully saturated rings. The highest BCUT2D eigenvalue weighted by Gasteiger charge is 1.59. The van der Waals surface area contributed by atoms with Crippen molar-refractivity contribution in [2.24, 2.45) is 5.16 Å². The Labute approximate surface area is 43.2 Å². The number of nitrogens with zero attached hydrogens (tertiary/aromatic N) is 1. The molecule has 0 saturated heterocycles. The van der Waals surface area contributed by atoms with Gasteiger partial charge in [0.05, 0.1) is 6.21 Å². The molecule has 1 N–H and O–H groups in total. The second-order valence-corrected chi connectivity index (χ2v) is 1.10. The smallest absolute Gasteiger partial charge is 0.0658 e. The minimum atomic E-state index is 0.978. The second kappa shape index (κ2) is 5.21. The topological polar surface area (TPSA) is 32.6 Å². The minimum Gasteiger partial charge on any atom is -0.411 e. The van der Waals surface area contributed by atoms with E-state index in [1.165, 1.54) is 6.21 Å². The van der Waals surface area contributed by atoms with E-state index in [1.807, 2.05) is 13.0 Å². The van der Waals surface area contributed by atoms with E-state index in [4.69, 9.17) is 5.21 Å². The van der Waals surface area contributed by atoms with Crippen LogP contribution in [0.2, 0.25) is 0 Å². The van der Waals surface area contributed by atoms with Gasteiger partial charge in [-0.05, 0) is 12.5 Å². The molecule has 2 heteroatoms. The van der Waals surface area contributed by atoms with E-state index >= 15 is 0 Å². The third-order valence-electron chi connectivity index (χ3n) is 0.525. The van der Waals surface area contributed by atoms with E-state index in [9.17, 15) is 0 Å². The number of allylic oxidation sites excluding steroid dienone is 2. The molecule has 0 rings (SSSR count). The van der Waals surface area contributed by atoms with Crippen molar-refractivity contribution in [1.82, 2.24) is 0 Å². The van der Waals surface area contributed by atoms with Gasteiger partial charge in [0.2, 0.25) is 0 Å². The molecule has 0 spiro atoms.